The van der Waals surface area contributed by atoms with E-state index < -0.39 is 0 Å². The van der Waals surface area contributed by atoms with Crippen LogP contribution in [0.1, 0.15) is 39.7 Å². The first-order valence-corrected chi connectivity index (χ1v) is 7.24. The molecule has 0 N–H and O–H groups in total. The number of esters is 1. The summed E-state index contributed by atoms with van der Waals surface area (Å²) in [7, 11) is 0. The molecule has 1 rings (SSSR count). The van der Waals surface area contributed by atoms with Gasteiger partial charge in [0, 0.05) is 13.0 Å². The van der Waals surface area contributed by atoms with Crippen LogP contribution in [0.4, 0.5) is 0 Å². The number of aryl methyl sites for hydroxylation is 1. The molecule has 1 aromatic carbocycles. The molecule has 0 radical (unpaired) electrons. The van der Waals surface area contributed by atoms with Crippen LogP contribution >= 0.6 is 0 Å². The molecule has 0 aliphatic carbocycles. The third-order valence-corrected chi connectivity index (χ3v) is 2.42. The molecule has 0 heterocycles. The Morgan fingerprint density at radius 3 is 2.10 bits per heavy atom. The summed E-state index contributed by atoms with van der Waals surface area (Å²) in [6.45, 7) is 11.0. The Balaban J connectivity index is 0.000000428. The van der Waals surface area contributed by atoms with Crippen LogP contribution in [0.15, 0.2) is 30.3 Å². The van der Waals surface area contributed by atoms with Crippen molar-refractivity contribution in [3.63, 3.8) is 0 Å². The van der Waals surface area contributed by atoms with Crippen molar-refractivity contribution >= 4 is 5.97 Å². The third-order valence-electron chi connectivity index (χ3n) is 2.42. The summed E-state index contributed by atoms with van der Waals surface area (Å²) in [5.41, 5.74) is 1.32. The maximum atomic E-state index is 10.8. The van der Waals surface area contributed by atoms with Gasteiger partial charge in [-0.25, -0.2) is 0 Å². The van der Waals surface area contributed by atoms with Crippen molar-refractivity contribution in [1.82, 2.24) is 0 Å². The average molecular weight is 280 g/mol. The van der Waals surface area contributed by atoms with Gasteiger partial charge in [0.1, 0.15) is 6.61 Å². The van der Waals surface area contributed by atoms with E-state index in [0.29, 0.717) is 25.6 Å². The zero-order chi connectivity index (χ0) is 15.4. The maximum Gasteiger partial charge on any atom is 0.305 e. The Hall–Kier alpha value is -1.35. The number of benzene rings is 1. The van der Waals surface area contributed by atoms with E-state index in [-0.39, 0.29) is 12.1 Å². The Bertz CT molecular complexity index is 347. The van der Waals surface area contributed by atoms with Gasteiger partial charge in [-0.15, -0.1) is 0 Å². The minimum Gasteiger partial charge on any atom is -0.463 e. The minimum absolute atomic E-state index is 0.00194. The van der Waals surface area contributed by atoms with E-state index in [1.165, 1.54) is 5.56 Å². The topological polar surface area (TPSA) is 35.5 Å². The second-order valence-corrected chi connectivity index (χ2v) is 5.23. The van der Waals surface area contributed by atoms with Crippen LogP contribution in [0, 0.1) is 12.8 Å². The van der Waals surface area contributed by atoms with E-state index in [9.17, 15) is 4.79 Å². The monoisotopic (exact) mass is 280 g/mol. The molecule has 0 bridgehead atoms. The molecule has 0 saturated carbocycles. The summed E-state index contributed by atoms with van der Waals surface area (Å²) < 4.78 is 10.3. The summed E-state index contributed by atoms with van der Waals surface area (Å²) >= 11 is 0. The van der Waals surface area contributed by atoms with Crippen molar-refractivity contribution in [2.24, 2.45) is 5.92 Å². The van der Waals surface area contributed by atoms with Gasteiger partial charge in [-0.3, -0.25) is 4.79 Å². The van der Waals surface area contributed by atoms with Crippen molar-refractivity contribution in [2.45, 2.75) is 47.1 Å². The zero-order valence-corrected chi connectivity index (χ0v) is 13.4. The van der Waals surface area contributed by atoms with E-state index >= 15 is 0 Å². The summed E-state index contributed by atoms with van der Waals surface area (Å²) in [5.74, 6) is 0.351. The predicted molar refractivity (Wildman–Crippen MR) is 82.7 cm³/mol. The van der Waals surface area contributed by atoms with Crippen molar-refractivity contribution in [2.75, 3.05) is 13.2 Å². The minimum atomic E-state index is -0.167. The average Bonchev–Trinajstić information content (AvgIpc) is 2.44. The van der Waals surface area contributed by atoms with Crippen molar-refractivity contribution in [3.8, 4) is 0 Å². The molecular formula is C17H28O3. The number of carbonyl (C=O) groups is 1. The largest absolute Gasteiger partial charge is 0.463 e. The number of carbonyl (C=O) groups excluding carboxylic acids is 1. The Kier molecular flexibility index (Phi) is 10.7. The fourth-order valence-electron chi connectivity index (χ4n) is 1.25. The molecule has 1 atom stereocenters. The molecule has 0 spiro atoms. The van der Waals surface area contributed by atoms with Gasteiger partial charge in [-0.2, -0.15) is 0 Å². The van der Waals surface area contributed by atoms with Crippen LogP contribution in [-0.2, 0) is 14.3 Å². The lowest BCUT2D eigenvalue weighted by atomic mass is 10.2. The molecule has 0 aromatic heterocycles. The van der Waals surface area contributed by atoms with Gasteiger partial charge in [-0.05, 0) is 19.8 Å². The van der Waals surface area contributed by atoms with Gasteiger partial charge in [0.05, 0.1) is 6.10 Å². The van der Waals surface area contributed by atoms with Crippen LogP contribution < -0.4 is 0 Å². The van der Waals surface area contributed by atoms with E-state index in [0.717, 1.165) is 0 Å². The predicted octanol–water partition coefficient (Wildman–Crippen LogP) is 4.00. The smallest absolute Gasteiger partial charge is 0.305 e. The van der Waals surface area contributed by atoms with Gasteiger partial charge in [0.25, 0.3) is 0 Å². The Morgan fingerprint density at radius 2 is 1.70 bits per heavy atom. The molecule has 0 amide bonds. The molecule has 114 valence electrons. The van der Waals surface area contributed by atoms with E-state index in [2.05, 4.69) is 32.9 Å². The van der Waals surface area contributed by atoms with Crippen molar-refractivity contribution in [3.05, 3.63) is 35.9 Å². The molecule has 1 unspecified atom stereocenters. The number of hydrogen-bond acceptors (Lipinski definition) is 3. The lowest BCUT2D eigenvalue weighted by Gasteiger charge is -2.14. The van der Waals surface area contributed by atoms with Gasteiger partial charge >= 0.3 is 5.97 Å². The highest BCUT2D eigenvalue weighted by Gasteiger charge is 2.06. The van der Waals surface area contributed by atoms with Crippen LogP contribution in [0.3, 0.4) is 0 Å². The van der Waals surface area contributed by atoms with Gasteiger partial charge in [-0.1, -0.05) is 56.7 Å². The fraction of sp³-hybridized carbons (Fsp3) is 0.588. The molecule has 0 saturated heterocycles. The van der Waals surface area contributed by atoms with Gasteiger partial charge in [0.2, 0.25) is 0 Å². The molecular weight excluding hydrogens is 252 g/mol. The summed E-state index contributed by atoms with van der Waals surface area (Å²) in [6, 6.07) is 10.3. The van der Waals surface area contributed by atoms with Crippen LogP contribution in [0.5, 0.6) is 0 Å². The quantitative estimate of drug-likeness (QED) is 0.739. The Morgan fingerprint density at radius 1 is 1.10 bits per heavy atom. The number of hydrogen-bond donors (Lipinski definition) is 0. The Labute approximate surface area is 123 Å². The molecule has 0 aliphatic heterocycles. The summed E-state index contributed by atoms with van der Waals surface area (Å²) in [4.78, 5) is 10.8. The summed E-state index contributed by atoms with van der Waals surface area (Å²) in [5, 5.41) is 0. The summed E-state index contributed by atoms with van der Waals surface area (Å²) in [6.07, 6.45) is 0.426. The van der Waals surface area contributed by atoms with E-state index in [1.807, 2.05) is 25.1 Å². The number of ether oxygens (including phenoxy) is 2. The van der Waals surface area contributed by atoms with Crippen molar-refractivity contribution < 1.29 is 14.3 Å². The van der Waals surface area contributed by atoms with Gasteiger partial charge < -0.3 is 9.47 Å². The highest BCUT2D eigenvalue weighted by atomic mass is 16.6. The first-order valence-electron chi connectivity index (χ1n) is 7.24. The fourth-order valence-corrected chi connectivity index (χ4v) is 1.25. The van der Waals surface area contributed by atoms with E-state index in [1.54, 1.807) is 6.92 Å². The molecule has 1 aromatic rings. The second-order valence-electron chi connectivity index (χ2n) is 5.23. The first-order chi connectivity index (χ1) is 9.45. The SMILES string of the molecule is CCC(=O)OCC(C)OCC(C)C.Cc1ccccc1. The van der Waals surface area contributed by atoms with E-state index in [4.69, 9.17) is 9.47 Å². The third kappa shape index (κ3) is 11.7. The van der Waals surface area contributed by atoms with Crippen LogP contribution in [0.2, 0.25) is 0 Å². The molecule has 0 fully saturated rings. The van der Waals surface area contributed by atoms with Crippen LogP contribution in [0.25, 0.3) is 0 Å². The molecule has 0 aliphatic rings. The molecule has 3 nitrogen and oxygen atoms in total. The molecule has 20 heavy (non-hydrogen) atoms. The van der Waals surface area contributed by atoms with Gasteiger partial charge in [0.15, 0.2) is 0 Å². The second kappa shape index (κ2) is 11.5. The zero-order valence-electron chi connectivity index (χ0n) is 13.4. The maximum absolute atomic E-state index is 10.8. The number of rotatable bonds is 6. The van der Waals surface area contributed by atoms with Crippen molar-refractivity contribution in [1.29, 1.82) is 0 Å². The normalized spacial score (nSPS) is 11.5. The first kappa shape index (κ1) is 18.7. The molecule has 3 heteroatoms. The highest BCUT2D eigenvalue weighted by molar-refractivity contribution is 5.68. The lowest BCUT2D eigenvalue weighted by molar-refractivity contribution is -0.147. The van der Waals surface area contributed by atoms with Crippen LogP contribution in [-0.4, -0.2) is 25.3 Å². The highest BCUT2D eigenvalue weighted by Crippen LogP contribution is 1.99. The lowest BCUT2D eigenvalue weighted by Crippen LogP contribution is -2.20. The standard InChI is InChI=1S/C10H20O3.C7H8/c1-5-10(11)13-7-9(4)12-6-8(2)3;1-7-5-3-2-4-6-7/h8-9H,5-7H2,1-4H3;2-6H,1H3.